The zero-order chi connectivity index (χ0) is 38.0. The monoisotopic (exact) mass is 738 g/mol. The predicted octanol–water partition coefficient (Wildman–Crippen LogP) is 13.8. The van der Waals surface area contributed by atoms with Crippen molar-refractivity contribution in [1.82, 2.24) is 5.32 Å². The predicted molar refractivity (Wildman–Crippen MR) is 227 cm³/mol. The summed E-state index contributed by atoms with van der Waals surface area (Å²) < 4.78 is 0. The summed E-state index contributed by atoms with van der Waals surface area (Å²) in [4.78, 5) is 12.4. The van der Waals surface area contributed by atoms with E-state index in [9.17, 15) is 20.1 Å². The molecule has 0 fully saturated rings. The lowest BCUT2D eigenvalue weighted by molar-refractivity contribution is -0.124. The molecule has 1 amide bonds. The summed E-state index contributed by atoms with van der Waals surface area (Å²) >= 11 is 0. The minimum Gasteiger partial charge on any atom is -0.394 e. The van der Waals surface area contributed by atoms with Crippen LogP contribution in [0.1, 0.15) is 271 Å². The van der Waals surface area contributed by atoms with Gasteiger partial charge in [0.25, 0.3) is 0 Å². The van der Waals surface area contributed by atoms with Crippen LogP contribution in [-0.2, 0) is 4.79 Å². The molecule has 0 bridgehead atoms. The maximum absolute atomic E-state index is 12.4. The molecule has 0 heterocycles. The Bertz CT molecular complexity index is 688. The molecule has 0 aliphatic heterocycles. The van der Waals surface area contributed by atoms with E-state index in [-0.39, 0.29) is 12.5 Å². The van der Waals surface area contributed by atoms with Crippen molar-refractivity contribution in [3.63, 3.8) is 0 Å². The molecule has 0 saturated carbocycles. The second-order valence-corrected chi connectivity index (χ2v) is 16.7. The van der Waals surface area contributed by atoms with E-state index in [4.69, 9.17) is 0 Å². The van der Waals surface area contributed by atoms with Crippen LogP contribution in [0.15, 0.2) is 0 Å². The molecule has 52 heavy (non-hydrogen) atoms. The summed E-state index contributed by atoms with van der Waals surface area (Å²) in [6.45, 7) is 4.17. The summed E-state index contributed by atoms with van der Waals surface area (Å²) in [5.41, 5.74) is 0. The van der Waals surface area contributed by atoms with Crippen molar-refractivity contribution in [2.75, 3.05) is 6.61 Å². The van der Waals surface area contributed by atoms with Gasteiger partial charge in [0.15, 0.2) is 0 Å². The van der Waals surface area contributed by atoms with Crippen molar-refractivity contribution in [2.24, 2.45) is 0 Å². The number of amides is 1. The molecule has 0 aliphatic rings. The van der Waals surface area contributed by atoms with E-state index in [1.165, 1.54) is 205 Å². The molecule has 5 nitrogen and oxygen atoms in total. The summed E-state index contributed by atoms with van der Waals surface area (Å²) in [5, 5.41) is 33.4. The Kier molecular flexibility index (Phi) is 42.5. The smallest absolute Gasteiger partial charge is 0.220 e. The molecule has 5 heteroatoms. The Balaban J connectivity index is 3.43. The molecule has 0 spiro atoms. The first-order chi connectivity index (χ1) is 25.6. The van der Waals surface area contributed by atoms with Crippen molar-refractivity contribution in [1.29, 1.82) is 0 Å². The molecular formula is C47H95NO4. The third-order valence-corrected chi connectivity index (χ3v) is 11.5. The van der Waals surface area contributed by atoms with Crippen LogP contribution >= 0.6 is 0 Å². The van der Waals surface area contributed by atoms with Crippen molar-refractivity contribution in [3.8, 4) is 0 Å². The Morgan fingerprint density at radius 3 is 0.923 bits per heavy atom. The van der Waals surface area contributed by atoms with E-state index in [1.807, 2.05) is 0 Å². The van der Waals surface area contributed by atoms with Gasteiger partial charge in [-0.1, -0.05) is 251 Å². The summed E-state index contributed by atoms with van der Waals surface area (Å²) in [6.07, 6.45) is 49.6. The van der Waals surface area contributed by atoms with E-state index in [2.05, 4.69) is 19.2 Å². The highest BCUT2D eigenvalue weighted by Crippen LogP contribution is 2.17. The Hall–Kier alpha value is -0.650. The van der Waals surface area contributed by atoms with E-state index < -0.39 is 18.2 Å². The number of hydrogen-bond acceptors (Lipinski definition) is 4. The lowest BCUT2D eigenvalue weighted by Gasteiger charge is -2.26. The first kappa shape index (κ1) is 51.4. The molecule has 0 aromatic rings. The minimum absolute atomic E-state index is 0.140. The van der Waals surface area contributed by atoms with Gasteiger partial charge in [0.2, 0.25) is 5.91 Å². The highest BCUT2D eigenvalue weighted by molar-refractivity contribution is 5.76. The van der Waals surface area contributed by atoms with Crippen LogP contribution in [0.5, 0.6) is 0 Å². The summed E-state index contributed by atoms with van der Waals surface area (Å²) in [7, 11) is 0. The average Bonchev–Trinajstić information content (AvgIpc) is 3.15. The highest BCUT2D eigenvalue weighted by Gasteiger charge is 2.26. The fourth-order valence-corrected chi connectivity index (χ4v) is 7.75. The number of unbranched alkanes of at least 4 members (excludes halogenated alkanes) is 36. The van der Waals surface area contributed by atoms with Gasteiger partial charge in [-0.15, -0.1) is 0 Å². The molecule has 0 saturated heterocycles. The Labute approximate surface area is 326 Å². The quantitative estimate of drug-likeness (QED) is 0.0469. The molecule has 4 N–H and O–H groups in total. The van der Waals surface area contributed by atoms with Crippen molar-refractivity contribution in [2.45, 2.75) is 289 Å². The van der Waals surface area contributed by atoms with Gasteiger partial charge >= 0.3 is 0 Å². The molecule has 0 aliphatic carbocycles. The first-order valence-corrected chi connectivity index (χ1v) is 23.8. The van der Waals surface area contributed by atoms with E-state index >= 15 is 0 Å². The number of aliphatic hydroxyl groups excluding tert-OH is 3. The van der Waals surface area contributed by atoms with Crippen LogP contribution in [0, 0.1) is 0 Å². The number of carbonyl (C=O) groups is 1. The van der Waals surface area contributed by atoms with Gasteiger partial charge in [0.05, 0.1) is 18.8 Å². The number of hydrogen-bond donors (Lipinski definition) is 4. The second-order valence-electron chi connectivity index (χ2n) is 16.7. The fourth-order valence-electron chi connectivity index (χ4n) is 7.75. The van der Waals surface area contributed by atoms with Crippen LogP contribution in [0.2, 0.25) is 0 Å². The maximum atomic E-state index is 12.4. The van der Waals surface area contributed by atoms with Crippen LogP contribution in [-0.4, -0.2) is 46.1 Å². The SMILES string of the molecule is CCCCCCCCCCCCCCCCCCCCCCCCCCCCCCCC(=O)N[C@@H](CO)[C@H](O)[C@H](O)CCCCCCCCCCC. The van der Waals surface area contributed by atoms with Gasteiger partial charge in [0, 0.05) is 6.42 Å². The molecule has 0 unspecified atom stereocenters. The normalized spacial score (nSPS) is 13.4. The van der Waals surface area contributed by atoms with Crippen LogP contribution in [0.25, 0.3) is 0 Å². The number of aliphatic hydroxyl groups is 3. The van der Waals surface area contributed by atoms with Gasteiger partial charge in [0.1, 0.15) is 6.10 Å². The van der Waals surface area contributed by atoms with Crippen molar-refractivity contribution >= 4 is 5.91 Å². The standard InChI is InChI=1S/C47H95NO4/c1-3-5-7-9-11-13-14-15-16-17-18-19-20-21-22-23-24-25-26-27-28-29-30-31-32-34-36-38-40-42-46(51)48-44(43-49)47(52)45(50)41-39-37-35-33-12-10-8-6-4-2/h44-45,47,49-50,52H,3-43H2,1-2H3,(H,48,51)/t44-,45+,47-/m0/s1. The highest BCUT2D eigenvalue weighted by atomic mass is 16.3. The van der Waals surface area contributed by atoms with Gasteiger partial charge in [-0.2, -0.15) is 0 Å². The largest absolute Gasteiger partial charge is 0.394 e. The molecular weight excluding hydrogens is 643 g/mol. The molecule has 3 atom stereocenters. The van der Waals surface area contributed by atoms with Crippen LogP contribution in [0.3, 0.4) is 0 Å². The molecule has 312 valence electrons. The molecule has 0 aromatic carbocycles. The third kappa shape index (κ3) is 37.7. The van der Waals surface area contributed by atoms with Crippen molar-refractivity contribution < 1.29 is 20.1 Å². The van der Waals surface area contributed by atoms with Gasteiger partial charge < -0.3 is 20.6 Å². The Morgan fingerprint density at radius 2 is 0.654 bits per heavy atom. The summed E-state index contributed by atoms with van der Waals surface area (Å²) in [6, 6.07) is -0.801. The molecule has 0 radical (unpaired) electrons. The van der Waals surface area contributed by atoms with Crippen LogP contribution < -0.4 is 5.32 Å². The van der Waals surface area contributed by atoms with Crippen molar-refractivity contribution in [3.05, 3.63) is 0 Å². The van der Waals surface area contributed by atoms with E-state index in [1.54, 1.807) is 0 Å². The maximum Gasteiger partial charge on any atom is 0.220 e. The van der Waals surface area contributed by atoms with E-state index in [0.29, 0.717) is 12.8 Å². The third-order valence-electron chi connectivity index (χ3n) is 11.5. The number of nitrogens with one attached hydrogen (secondary N) is 1. The first-order valence-electron chi connectivity index (χ1n) is 23.8. The summed E-state index contributed by atoms with van der Waals surface area (Å²) in [5.74, 6) is -0.140. The minimum atomic E-state index is -1.13. The van der Waals surface area contributed by atoms with Gasteiger partial charge in [-0.3, -0.25) is 4.79 Å². The number of carbonyl (C=O) groups excluding carboxylic acids is 1. The lowest BCUT2D eigenvalue weighted by atomic mass is 9.99. The number of rotatable bonds is 44. The zero-order valence-corrected chi connectivity index (χ0v) is 35.5. The topological polar surface area (TPSA) is 89.8 Å². The average molecular weight is 738 g/mol. The fraction of sp³-hybridized carbons (Fsp3) is 0.979. The second kappa shape index (κ2) is 43.1. The zero-order valence-electron chi connectivity index (χ0n) is 35.5. The van der Waals surface area contributed by atoms with Crippen LogP contribution in [0.4, 0.5) is 0 Å². The van der Waals surface area contributed by atoms with Gasteiger partial charge in [-0.05, 0) is 12.8 Å². The Morgan fingerprint density at radius 1 is 0.404 bits per heavy atom. The molecule has 0 aromatic heterocycles. The molecule has 0 rings (SSSR count). The van der Waals surface area contributed by atoms with Gasteiger partial charge in [-0.25, -0.2) is 0 Å². The lowest BCUT2D eigenvalue weighted by Crippen LogP contribution is -2.50. The van der Waals surface area contributed by atoms with E-state index in [0.717, 1.165) is 38.5 Å².